The number of aliphatic imine (C=N–C) groups is 1. The first-order valence-electron chi connectivity index (χ1n) is 10.6. The summed E-state index contributed by atoms with van der Waals surface area (Å²) in [5.74, 6) is 1.75. The number of carbonyl (C=O) groups is 1. The van der Waals surface area contributed by atoms with Crippen LogP contribution in [0.25, 0.3) is 0 Å². The molecule has 1 aliphatic heterocycles. The molecule has 0 bridgehead atoms. The SMILES string of the molecule is CC[C@@H](C)c1ccc(NC(=NCc2ccncc2)NC(=O)c2ccc3c(c2)OCO3)cc1. The van der Waals surface area contributed by atoms with Gasteiger partial charge >= 0.3 is 0 Å². The number of amides is 1. The van der Waals surface area contributed by atoms with Crippen LogP contribution in [-0.4, -0.2) is 23.6 Å². The van der Waals surface area contributed by atoms with Gasteiger partial charge in [-0.15, -0.1) is 0 Å². The number of fused-ring (bicyclic) bond motifs is 1. The fourth-order valence-electron chi connectivity index (χ4n) is 3.25. The average Bonchev–Trinajstić information content (AvgIpc) is 3.31. The highest BCUT2D eigenvalue weighted by Crippen LogP contribution is 2.32. The number of ether oxygens (including phenoxy) is 2. The maximum atomic E-state index is 12.9. The Hall–Kier alpha value is -3.87. The molecule has 7 nitrogen and oxygen atoms in total. The van der Waals surface area contributed by atoms with E-state index in [-0.39, 0.29) is 12.7 Å². The number of anilines is 1. The van der Waals surface area contributed by atoms with Crippen LogP contribution in [0.3, 0.4) is 0 Å². The van der Waals surface area contributed by atoms with Crippen LogP contribution in [-0.2, 0) is 6.54 Å². The average molecular weight is 431 g/mol. The van der Waals surface area contributed by atoms with Gasteiger partial charge in [0.1, 0.15) is 0 Å². The third kappa shape index (κ3) is 5.24. The Kier molecular flexibility index (Phi) is 6.65. The van der Waals surface area contributed by atoms with Crippen LogP contribution < -0.4 is 20.1 Å². The Morgan fingerprint density at radius 2 is 1.81 bits per heavy atom. The molecule has 0 radical (unpaired) electrons. The molecule has 0 spiro atoms. The Morgan fingerprint density at radius 3 is 2.56 bits per heavy atom. The molecule has 1 amide bonds. The van der Waals surface area contributed by atoms with Crippen molar-refractivity contribution in [1.82, 2.24) is 10.3 Å². The van der Waals surface area contributed by atoms with Crippen LogP contribution in [0.2, 0.25) is 0 Å². The highest BCUT2D eigenvalue weighted by atomic mass is 16.7. The molecule has 2 N–H and O–H groups in total. The summed E-state index contributed by atoms with van der Waals surface area (Å²) in [6, 6.07) is 17.1. The van der Waals surface area contributed by atoms with Crippen molar-refractivity contribution in [3.05, 3.63) is 83.7 Å². The minimum Gasteiger partial charge on any atom is -0.454 e. The molecule has 4 rings (SSSR count). The van der Waals surface area contributed by atoms with Gasteiger partial charge in [0.15, 0.2) is 11.5 Å². The Labute approximate surface area is 187 Å². The first-order chi connectivity index (χ1) is 15.6. The van der Waals surface area contributed by atoms with Crippen molar-refractivity contribution in [2.75, 3.05) is 12.1 Å². The van der Waals surface area contributed by atoms with Crippen LogP contribution in [0.15, 0.2) is 72.0 Å². The Bertz CT molecular complexity index is 1100. The first-order valence-corrected chi connectivity index (χ1v) is 10.6. The van der Waals surface area contributed by atoms with E-state index in [9.17, 15) is 4.79 Å². The molecular formula is C25H26N4O3. The summed E-state index contributed by atoms with van der Waals surface area (Å²) in [5, 5.41) is 6.11. The second-order valence-corrected chi connectivity index (χ2v) is 7.60. The minimum atomic E-state index is -0.291. The van der Waals surface area contributed by atoms with E-state index in [2.05, 4.69) is 46.6 Å². The fraction of sp³-hybridized carbons (Fsp3) is 0.240. The Morgan fingerprint density at radius 1 is 1.06 bits per heavy atom. The van der Waals surface area contributed by atoms with Gasteiger partial charge in [0.2, 0.25) is 12.8 Å². The molecular weight excluding hydrogens is 404 g/mol. The molecule has 2 heterocycles. The lowest BCUT2D eigenvalue weighted by Gasteiger charge is -2.14. The van der Waals surface area contributed by atoms with Crippen LogP contribution in [0.1, 0.15) is 47.7 Å². The summed E-state index contributed by atoms with van der Waals surface area (Å²) in [5.41, 5.74) is 3.57. The van der Waals surface area contributed by atoms with E-state index in [1.807, 2.05) is 24.3 Å². The fourth-order valence-corrected chi connectivity index (χ4v) is 3.25. The van der Waals surface area contributed by atoms with E-state index in [1.165, 1.54) is 5.56 Å². The number of aromatic nitrogens is 1. The molecule has 32 heavy (non-hydrogen) atoms. The van der Waals surface area contributed by atoms with Gasteiger partial charge < -0.3 is 14.8 Å². The lowest BCUT2D eigenvalue weighted by Crippen LogP contribution is -2.36. The highest BCUT2D eigenvalue weighted by Gasteiger charge is 2.17. The predicted molar refractivity (Wildman–Crippen MR) is 124 cm³/mol. The van der Waals surface area contributed by atoms with E-state index in [1.54, 1.807) is 30.6 Å². The van der Waals surface area contributed by atoms with Crippen LogP contribution >= 0.6 is 0 Å². The smallest absolute Gasteiger partial charge is 0.258 e. The Balaban J connectivity index is 1.52. The molecule has 0 unspecified atom stereocenters. The molecule has 164 valence electrons. The highest BCUT2D eigenvalue weighted by molar-refractivity contribution is 6.10. The van der Waals surface area contributed by atoms with Gasteiger partial charge in [0.05, 0.1) is 6.54 Å². The van der Waals surface area contributed by atoms with Gasteiger partial charge in [-0.25, -0.2) is 4.99 Å². The standard InChI is InChI=1S/C25H26N4O3/c1-3-17(2)19-4-7-21(8-5-19)28-25(27-15-18-10-12-26-13-11-18)29-24(30)20-6-9-22-23(14-20)32-16-31-22/h4-14,17H,3,15-16H2,1-2H3,(H2,27,28,29,30)/t17-/m1/s1. The van der Waals surface area contributed by atoms with Crippen molar-refractivity contribution in [2.45, 2.75) is 32.7 Å². The second-order valence-electron chi connectivity index (χ2n) is 7.60. The van der Waals surface area contributed by atoms with E-state index in [0.717, 1.165) is 17.7 Å². The molecule has 2 aromatic carbocycles. The minimum absolute atomic E-state index is 0.160. The molecule has 0 saturated carbocycles. The summed E-state index contributed by atoms with van der Waals surface area (Å²) in [6.45, 7) is 4.94. The van der Waals surface area contributed by atoms with Crippen molar-refractivity contribution in [2.24, 2.45) is 4.99 Å². The summed E-state index contributed by atoms with van der Waals surface area (Å²) in [4.78, 5) is 21.5. The van der Waals surface area contributed by atoms with E-state index in [0.29, 0.717) is 35.5 Å². The van der Waals surface area contributed by atoms with E-state index < -0.39 is 0 Å². The van der Waals surface area contributed by atoms with Gasteiger partial charge in [-0.05, 0) is 65.9 Å². The number of guanidine groups is 1. The van der Waals surface area contributed by atoms with Crippen LogP contribution in [0.5, 0.6) is 11.5 Å². The number of nitrogens with zero attached hydrogens (tertiary/aromatic N) is 2. The summed E-state index contributed by atoms with van der Waals surface area (Å²) >= 11 is 0. The number of hydrogen-bond acceptors (Lipinski definition) is 5. The third-order valence-corrected chi connectivity index (χ3v) is 5.39. The molecule has 3 aromatic rings. The monoisotopic (exact) mass is 430 g/mol. The quantitative estimate of drug-likeness (QED) is 0.437. The molecule has 1 aliphatic rings. The maximum Gasteiger partial charge on any atom is 0.258 e. The molecule has 1 aromatic heterocycles. The molecule has 0 fully saturated rings. The molecule has 0 aliphatic carbocycles. The van der Waals surface area contributed by atoms with Crippen molar-refractivity contribution in [3.8, 4) is 11.5 Å². The molecule has 1 atom stereocenters. The summed E-state index contributed by atoms with van der Waals surface area (Å²) in [7, 11) is 0. The predicted octanol–water partition coefficient (Wildman–Crippen LogP) is 4.72. The van der Waals surface area contributed by atoms with Crippen molar-refractivity contribution >= 4 is 17.6 Å². The molecule has 0 saturated heterocycles. The topological polar surface area (TPSA) is 84.8 Å². The largest absolute Gasteiger partial charge is 0.454 e. The van der Waals surface area contributed by atoms with Crippen molar-refractivity contribution in [1.29, 1.82) is 0 Å². The normalized spacial score (nSPS) is 13.5. The summed E-state index contributed by atoms with van der Waals surface area (Å²) < 4.78 is 10.7. The number of carbonyl (C=O) groups excluding carboxylic acids is 1. The van der Waals surface area contributed by atoms with E-state index in [4.69, 9.17) is 9.47 Å². The lowest BCUT2D eigenvalue weighted by atomic mass is 9.99. The van der Waals surface area contributed by atoms with Gasteiger partial charge in [-0.3, -0.25) is 15.1 Å². The zero-order chi connectivity index (χ0) is 22.3. The van der Waals surface area contributed by atoms with Gasteiger partial charge in [-0.1, -0.05) is 26.0 Å². The number of rotatable bonds is 6. The van der Waals surface area contributed by atoms with Crippen molar-refractivity contribution < 1.29 is 14.3 Å². The first kappa shape index (κ1) is 21.4. The number of benzene rings is 2. The second kappa shape index (κ2) is 9.96. The lowest BCUT2D eigenvalue weighted by molar-refractivity contribution is 0.0976. The van der Waals surface area contributed by atoms with Crippen LogP contribution in [0, 0.1) is 0 Å². The maximum absolute atomic E-state index is 12.9. The van der Waals surface area contributed by atoms with Crippen molar-refractivity contribution in [3.63, 3.8) is 0 Å². The number of pyridine rings is 1. The summed E-state index contributed by atoms with van der Waals surface area (Å²) in [6.07, 6.45) is 4.52. The van der Waals surface area contributed by atoms with Gasteiger partial charge in [-0.2, -0.15) is 0 Å². The zero-order valence-electron chi connectivity index (χ0n) is 18.2. The van der Waals surface area contributed by atoms with Gasteiger partial charge in [0, 0.05) is 23.6 Å². The number of nitrogens with one attached hydrogen (secondary N) is 2. The zero-order valence-corrected chi connectivity index (χ0v) is 18.2. The van der Waals surface area contributed by atoms with Crippen LogP contribution in [0.4, 0.5) is 5.69 Å². The van der Waals surface area contributed by atoms with Gasteiger partial charge in [0.25, 0.3) is 5.91 Å². The third-order valence-electron chi connectivity index (χ3n) is 5.39. The molecule has 7 heteroatoms. The van der Waals surface area contributed by atoms with E-state index >= 15 is 0 Å². The number of hydrogen-bond donors (Lipinski definition) is 2.